The number of nitrogens with one attached hydrogen (secondary N) is 1. The Labute approximate surface area is 231 Å². The lowest BCUT2D eigenvalue weighted by molar-refractivity contribution is 0.102. The molecule has 206 valence electrons. The zero-order valence-electron chi connectivity index (χ0n) is 22.7. The van der Waals surface area contributed by atoms with Gasteiger partial charge in [0.1, 0.15) is 18.2 Å². The molecular formula is C29H33FN4O4S. The molecule has 8 nitrogen and oxygen atoms in total. The van der Waals surface area contributed by atoms with E-state index in [0.717, 1.165) is 34.5 Å². The third-order valence-corrected chi connectivity index (χ3v) is 6.83. The first-order valence-electron chi connectivity index (χ1n) is 12.5. The highest BCUT2D eigenvalue weighted by atomic mass is 32.1. The predicted molar refractivity (Wildman–Crippen MR) is 152 cm³/mol. The average molecular weight is 553 g/mol. The Hall–Kier alpha value is -3.89. The number of methoxy groups -OCH3 is 1. The SMILES string of the molecule is C\C=C(/C=C\C(COc1nnc(NC(=O)c2cnc(C)cc2-c2c(F)cccc2OC)s1)=C(\C)CC)CCO. The number of rotatable bonds is 12. The van der Waals surface area contributed by atoms with Gasteiger partial charge in [-0.2, -0.15) is 0 Å². The van der Waals surface area contributed by atoms with Crippen LogP contribution in [0.3, 0.4) is 0 Å². The number of allylic oxidation sites excluding steroid dienone is 3. The molecule has 1 aromatic carbocycles. The number of carbonyl (C=O) groups excluding carboxylic acids is 1. The van der Waals surface area contributed by atoms with Crippen molar-refractivity contribution in [2.24, 2.45) is 0 Å². The van der Waals surface area contributed by atoms with E-state index in [2.05, 4.69) is 27.4 Å². The number of amides is 1. The van der Waals surface area contributed by atoms with Crippen LogP contribution in [0.2, 0.25) is 0 Å². The molecule has 0 aliphatic heterocycles. The molecule has 2 aromatic heterocycles. The molecule has 39 heavy (non-hydrogen) atoms. The van der Waals surface area contributed by atoms with Crippen LogP contribution in [0.5, 0.6) is 10.9 Å². The summed E-state index contributed by atoms with van der Waals surface area (Å²) >= 11 is 1.08. The molecule has 0 aliphatic carbocycles. The molecule has 0 saturated carbocycles. The predicted octanol–water partition coefficient (Wildman–Crippen LogP) is 6.30. The molecule has 2 N–H and O–H groups in total. The van der Waals surface area contributed by atoms with Crippen molar-refractivity contribution in [3.05, 3.63) is 82.5 Å². The van der Waals surface area contributed by atoms with E-state index in [1.807, 2.05) is 32.1 Å². The van der Waals surface area contributed by atoms with Crippen LogP contribution in [0.15, 0.2) is 65.4 Å². The van der Waals surface area contributed by atoms with Crippen molar-refractivity contribution in [2.75, 3.05) is 25.6 Å². The van der Waals surface area contributed by atoms with Crippen molar-refractivity contribution in [3.63, 3.8) is 0 Å². The van der Waals surface area contributed by atoms with Crippen LogP contribution in [0.4, 0.5) is 9.52 Å². The van der Waals surface area contributed by atoms with Gasteiger partial charge >= 0.3 is 0 Å². The summed E-state index contributed by atoms with van der Waals surface area (Å²) < 4.78 is 26.0. The van der Waals surface area contributed by atoms with Gasteiger partial charge in [0.2, 0.25) is 5.13 Å². The van der Waals surface area contributed by atoms with E-state index in [-0.39, 0.29) is 29.5 Å². The number of hydrogen-bond donors (Lipinski definition) is 2. The van der Waals surface area contributed by atoms with Crippen LogP contribution in [-0.2, 0) is 0 Å². The number of halogens is 1. The van der Waals surface area contributed by atoms with Crippen molar-refractivity contribution >= 4 is 22.4 Å². The van der Waals surface area contributed by atoms with Crippen LogP contribution in [0, 0.1) is 12.7 Å². The first kappa shape index (κ1) is 29.7. The van der Waals surface area contributed by atoms with Gasteiger partial charge in [0.25, 0.3) is 11.1 Å². The van der Waals surface area contributed by atoms with Crippen molar-refractivity contribution in [1.29, 1.82) is 0 Å². The monoisotopic (exact) mass is 552 g/mol. The summed E-state index contributed by atoms with van der Waals surface area (Å²) in [5.41, 5.74) is 4.49. The second-order valence-electron chi connectivity index (χ2n) is 8.63. The van der Waals surface area contributed by atoms with Crippen molar-refractivity contribution in [1.82, 2.24) is 15.2 Å². The number of pyridine rings is 1. The molecule has 1 amide bonds. The minimum Gasteiger partial charge on any atom is -0.496 e. The quantitative estimate of drug-likeness (QED) is 0.254. The van der Waals surface area contributed by atoms with E-state index in [9.17, 15) is 14.3 Å². The maximum Gasteiger partial charge on any atom is 0.296 e. The van der Waals surface area contributed by atoms with E-state index >= 15 is 0 Å². The number of aliphatic hydroxyl groups is 1. The summed E-state index contributed by atoms with van der Waals surface area (Å²) in [6.07, 6.45) is 8.74. The number of ether oxygens (including phenoxy) is 2. The van der Waals surface area contributed by atoms with Gasteiger partial charge in [0.15, 0.2) is 0 Å². The summed E-state index contributed by atoms with van der Waals surface area (Å²) in [6.45, 7) is 8.15. The lowest BCUT2D eigenvalue weighted by Gasteiger charge is -2.14. The minimum absolute atomic E-state index is 0.0829. The number of aryl methyl sites for hydroxylation is 1. The van der Waals surface area contributed by atoms with Gasteiger partial charge in [-0.05, 0) is 74.3 Å². The van der Waals surface area contributed by atoms with Gasteiger partial charge in [-0.1, -0.05) is 41.9 Å². The Morgan fingerprint density at radius 3 is 2.74 bits per heavy atom. The van der Waals surface area contributed by atoms with E-state index < -0.39 is 11.7 Å². The number of carbonyl (C=O) groups is 1. The highest BCUT2D eigenvalue weighted by molar-refractivity contribution is 7.17. The molecule has 0 radical (unpaired) electrons. The maximum absolute atomic E-state index is 14.8. The van der Waals surface area contributed by atoms with Gasteiger partial charge in [0, 0.05) is 24.1 Å². The Morgan fingerprint density at radius 2 is 2.05 bits per heavy atom. The number of anilines is 1. The first-order chi connectivity index (χ1) is 18.8. The second kappa shape index (κ2) is 14.3. The molecule has 3 rings (SSSR count). The smallest absolute Gasteiger partial charge is 0.296 e. The van der Waals surface area contributed by atoms with E-state index in [1.54, 1.807) is 25.1 Å². The normalized spacial score (nSPS) is 12.4. The zero-order valence-corrected chi connectivity index (χ0v) is 23.6. The number of nitrogens with zero attached hydrogens (tertiary/aromatic N) is 3. The molecule has 0 saturated heterocycles. The maximum atomic E-state index is 14.8. The Morgan fingerprint density at radius 1 is 1.26 bits per heavy atom. The second-order valence-corrected chi connectivity index (χ2v) is 9.57. The van der Waals surface area contributed by atoms with Crippen LogP contribution in [0.1, 0.15) is 49.7 Å². The molecule has 0 fully saturated rings. The fourth-order valence-electron chi connectivity index (χ4n) is 3.71. The van der Waals surface area contributed by atoms with Gasteiger partial charge in [0.05, 0.1) is 18.2 Å². The minimum atomic E-state index is -0.515. The Kier molecular flexibility index (Phi) is 10.9. The average Bonchev–Trinajstić information content (AvgIpc) is 3.38. The van der Waals surface area contributed by atoms with Crippen LogP contribution in [0.25, 0.3) is 11.1 Å². The third-order valence-electron chi connectivity index (χ3n) is 6.08. The highest BCUT2D eigenvalue weighted by Crippen LogP contribution is 2.35. The molecule has 0 unspecified atom stereocenters. The lowest BCUT2D eigenvalue weighted by atomic mass is 9.98. The summed E-state index contributed by atoms with van der Waals surface area (Å²) in [7, 11) is 1.45. The number of hydrogen-bond acceptors (Lipinski definition) is 8. The number of aliphatic hydroxyl groups excluding tert-OH is 1. The topological polar surface area (TPSA) is 106 Å². The van der Waals surface area contributed by atoms with Gasteiger partial charge in [-0.15, -0.1) is 5.10 Å². The molecule has 0 bridgehead atoms. The molecule has 10 heteroatoms. The van der Waals surface area contributed by atoms with Crippen LogP contribution < -0.4 is 14.8 Å². The molecule has 2 heterocycles. The van der Waals surface area contributed by atoms with Crippen molar-refractivity contribution < 1.29 is 23.8 Å². The van der Waals surface area contributed by atoms with Crippen LogP contribution in [-0.4, -0.2) is 46.5 Å². The Balaban J connectivity index is 1.78. The fourth-order valence-corrected chi connectivity index (χ4v) is 4.30. The van der Waals surface area contributed by atoms with E-state index in [0.29, 0.717) is 28.6 Å². The standard InChI is InChI=1S/C29H33FN4O4S/c1-6-18(3)21(12-11-20(7-2)13-14-35)17-38-29-34-33-28(39-29)32-27(36)23-16-31-19(4)15-22(23)26-24(30)9-8-10-25(26)37-5/h7-12,15-16,35H,6,13-14,17H2,1-5H3,(H,32,33,36)/b12-11-,20-7+,21-18+. The first-order valence-corrected chi connectivity index (χ1v) is 13.3. The number of aromatic nitrogens is 3. The molecule has 3 aromatic rings. The highest BCUT2D eigenvalue weighted by Gasteiger charge is 2.21. The third kappa shape index (κ3) is 7.81. The lowest BCUT2D eigenvalue weighted by Crippen LogP contribution is -2.14. The van der Waals surface area contributed by atoms with Gasteiger partial charge in [-0.25, -0.2) is 4.39 Å². The van der Waals surface area contributed by atoms with Crippen molar-refractivity contribution in [2.45, 2.75) is 40.5 Å². The van der Waals surface area contributed by atoms with Crippen LogP contribution >= 0.6 is 11.3 Å². The largest absolute Gasteiger partial charge is 0.496 e. The fraction of sp³-hybridized carbons (Fsp3) is 0.310. The zero-order chi connectivity index (χ0) is 28.4. The number of benzene rings is 1. The van der Waals surface area contributed by atoms with E-state index in [4.69, 9.17) is 9.47 Å². The molecule has 0 aliphatic rings. The van der Waals surface area contributed by atoms with Gasteiger partial charge < -0.3 is 14.6 Å². The molecule has 0 atom stereocenters. The summed E-state index contributed by atoms with van der Waals surface area (Å²) in [5.74, 6) is -0.725. The molecular weight excluding hydrogens is 519 g/mol. The van der Waals surface area contributed by atoms with E-state index in [1.165, 1.54) is 19.4 Å². The summed E-state index contributed by atoms with van der Waals surface area (Å²) in [4.78, 5) is 17.4. The summed E-state index contributed by atoms with van der Waals surface area (Å²) in [6, 6.07) is 6.13. The Bertz CT molecular complexity index is 1400. The summed E-state index contributed by atoms with van der Waals surface area (Å²) in [5, 5.41) is 20.5. The van der Waals surface area contributed by atoms with Gasteiger partial charge in [-0.3, -0.25) is 15.1 Å². The molecule has 0 spiro atoms. The van der Waals surface area contributed by atoms with Crippen molar-refractivity contribution in [3.8, 4) is 22.1 Å².